The van der Waals surface area contributed by atoms with Crippen LogP contribution in [0.2, 0.25) is 0 Å². The second kappa shape index (κ2) is 4.70. The van der Waals surface area contributed by atoms with Gasteiger partial charge in [0.2, 0.25) is 5.91 Å². The Morgan fingerprint density at radius 2 is 2.00 bits per heavy atom. The second-order valence-electron chi connectivity index (χ2n) is 3.76. The highest BCUT2D eigenvalue weighted by Gasteiger charge is 2.10. The van der Waals surface area contributed by atoms with Gasteiger partial charge in [0.15, 0.2) is 0 Å². The molecule has 0 saturated heterocycles. The first-order valence-corrected chi connectivity index (χ1v) is 5.29. The summed E-state index contributed by atoms with van der Waals surface area (Å²) in [7, 11) is 0. The predicted molar refractivity (Wildman–Crippen MR) is 67.7 cm³/mol. The van der Waals surface area contributed by atoms with E-state index in [4.69, 9.17) is 11.5 Å². The maximum Gasteiger partial charge on any atom is 0.270 e. The number of aromatic nitrogens is 1. The molecule has 0 radical (unpaired) electrons. The number of nitrogens with two attached hydrogens (primary N) is 2. The molecule has 0 fully saturated rings. The lowest BCUT2D eigenvalue weighted by atomic mass is 10.1. The Balaban J connectivity index is 2.34. The summed E-state index contributed by atoms with van der Waals surface area (Å²) in [6.45, 7) is -0.229. The van der Waals surface area contributed by atoms with E-state index in [1.54, 1.807) is 6.07 Å². The standard InChI is InChI=1S/C12H12N4O2/c13-10(17)6-15-12(18)9-5-7-3-1-2-4-8(7)11(14)16-9/h1-5H,6H2,(H2,13,17)(H2,14,16)(H,15,18). The van der Waals surface area contributed by atoms with Crippen molar-refractivity contribution in [3.8, 4) is 0 Å². The van der Waals surface area contributed by atoms with Gasteiger partial charge in [-0.1, -0.05) is 24.3 Å². The molecule has 1 heterocycles. The van der Waals surface area contributed by atoms with E-state index in [9.17, 15) is 9.59 Å². The molecule has 1 aromatic carbocycles. The number of carbonyl (C=O) groups excluding carboxylic acids is 2. The van der Waals surface area contributed by atoms with Crippen molar-refractivity contribution in [3.05, 3.63) is 36.0 Å². The van der Waals surface area contributed by atoms with Gasteiger partial charge < -0.3 is 16.8 Å². The average molecular weight is 244 g/mol. The fourth-order valence-corrected chi connectivity index (χ4v) is 1.60. The highest BCUT2D eigenvalue weighted by molar-refractivity contribution is 6.00. The minimum atomic E-state index is -0.614. The zero-order chi connectivity index (χ0) is 13.1. The summed E-state index contributed by atoms with van der Waals surface area (Å²) < 4.78 is 0. The fourth-order valence-electron chi connectivity index (χ4n) is 1.60. The van der Waals surface area contributed by atoms with Gasteiger partial charge in [-0.2, -0.15) is 0 Å². The molecule has 2 amide bonds. The highest BCUT2D eigenvalue weighted by Crippen LogP contribution is 2.19. The first-order chi connectivity index (χ1) is 8.58. The normalized spacial score (nSPS) is 10.2. The molecule has 0 aliphatic carbocycles. The molecule has 0 aliphatic heterocycles. The highest BCUT2D eigenvalue weighted by atomic mass is 16.2. The van der Waals surface area contributed by atoms with Gasteiger partial charge in [0.05, 0.1) is 6.54 Å². The molecule has 2 aromatic rings. The SMILES string of the molecule is NC(=O)CNC(=O)c1cc2ccccc2c(N)n1. The molecule has 1 aromatic heterocycles. The Labute approximate surface area is 103 Å². The van der Waals surface area contributed by atoms with Crippen LogP contribution in [0.25, 0.3) is 10.8 Å². The second-order valence-corrected chi connectivity index (χ2v) is 3.76. The zero-order valence-corrected chi connectivity index (χ0v) is 9.51. The van der Waals surface area contributed by atoms with Crippen LogP contribution in [0.1, 0.15) is 10.5 Å². The van der Waals surface area contributed by atoms with Gasteiger partial charge in [0.25, 0.3) is 5.91 Å². The summed E-state index contributed by atoms with van der Waals surface area (Å²) >= 11 is 0. The number of hydrogen-bond acceptors (Lipinski definition) is 4. The van der Waals surface area contributed by atoms with Crippen molar-refractivity contribution in [1.29, 1.82) is 0 Å². The van der Waals surface area contributed by atoms with Gasteiger partial charge in [-0.15, -0.1) is 0 Å². The molecule has 92 valence electrons. The molecule has 6 nitrogen and oxygen atoms in total. The van der Waals surface area contributed by atoms with Crippen LogP contribution in [0.15, 0.2) is 30.3 Å². The number of rotatable bonds is 3. The van der Waals surface area contributed by atoms with Crippen LogP contribution >= 0.6 is 0 Å². The quantitative estimate of drug-likeness (QED) is 0.707. The summed E-state index contributed by atoms with van der Waals surface area (Å²) in [5.74, 6) is -0.819. The van der Waals surface area contributed by atoms with Gasteiger partial charge in [-0.25, -0.2) is 4.98 Å². The van der Waals surface area contributed by atoms with Crippen LogP contribution in [0, 0.1) is 0 Å². The Morgan fingerprint density at radius 1 is 1.28 bits per heavy atom. The fraction of sp³-hybridized carbons (Fsp3) is 0.0833. The van der Waals surface area contributed by atoms with Crippen molar-refractivity contribution in [1.82, 2.24) is 10.3 Å². The van der Waals surface area contributed by atoms with E-state index in [1.807, 2.05) is 24.3 Å². The van der Waals surface area contributed by atoms with E-state index in [0.29, 0.717) is 0 Å². The van der Waals surface area contributed by atoms with E-state index in [2.05, 4.69) is 10.3 Å². The molecule has 0 bridgehead atoms. The molecule has 2 rings (SSSR count). The number of nitrogen functional groups attached to an aromatic ring is 1. The van der Waals surface area contributed by atoms with E-state index in [0.717, 1.165) is 10.8 Å². The Bertz CT molecular complexity index is 625. The van der Waals surface area contributed by atoms with E-state index in [-0.39, 0.29) is 18.1 Å². The Kier molecular flexibility index (Phi) is 3.09. The van der Waals surface area contributed by atoms with Gasteiger partial charge in [0.1, 0.15) is 11.5 Å². The number of nitrogens with zero attached hydrogens (tertiary/aromatic N) is 1. The Morgan fingerprint density at radius 3 is 2.72 bits per heavy atom. The molecule has 0 unspecified atom stereocenters. The largest absolute Gasteiger partial charge is 0.383 e. The number of primary amides is 1. The van der Waals surface area contributed by atoms with Crippen molar-refractivity contribution in [2.75, 3.05) is 12.3 Å². The number of fused-ring (bicyclic) bond motifs is 1. The molecule has 6 heteroatoms. The lowest BCUT2D eigenvalue weighted by Gasteiger charge is -2.06. The number of amides is 2. The lowest BCUT2D eigenvalue weighted by Crippen LogP contribution is -2.33. The minimum Gasteiger partial charge on any atom is -0.383 e. The number of nitrogens with one attached hydrogen (secondary N) is 1. The number of hydrogen-bond donors (Lipinski definition) is 3. The number of pyridine rings is 1. The van der Waals surface area contributed by atoms with Crippen LogP contribution in [0.5, 0.6) is 0 Å². The summed E-state index contributed by atoms with van der Waals surface area (Å²) in [5.41, 5.74) is 10.9. The third-order valence-corrected chi connectivity index (χ3v) is 2.43. The van der Waals surface area contributed by atoms with E-state index < -0.39 is 11.8 Å². The molecule has 0 atom stereocenters. The third-order valence-electron chi connectivity index (χ3n) is 2.43. The Hall–Kier alpha value is -2.63. The van der Waals surface area contributed by atoms with E-state index in [1.165, 1.54) is 0 Å². The topological polar surface area (TPSA) is 111 Å². The van der Waals surface area contributed by atoms with Crippen LogP contribution in [0.3, 0.4) is 0 Å². The average Bonchev–Trinajstić information content (AvgIpc) is 2.36. The number of anilines is 1. The maximum absolute atomic E-state index is 11.7. The smallest absolute Gasteiger partial charge is 0.270 e. The zero-order valence-electron chi connectivity index (χ0n) is 9.51. The molecular formula is C12H12N4O2. The van der Waals surface area contributed by atoms with Crippen molar-refractivity contribution in [3.63, 3.8) is 0 Å². The predicted octanol–water partition coefficient (Wildman–Crippen LogP) is 0.0321. The number of carbonyl (C=O) groups is 2. The van der Waals surface area contributed by atoms with Crippen molar-refractivity contribution >= 4 is 28.4 Å². The minimum absolute atomic E-state index is 0.160. The summed E-state index contributed by atoms with van der Waals surface area (Å²) in [6.07, 6.45) is 0. The third kappa shape index (κ3) is 2.37. The van der Waals surface area contributed by atoms with E-state index >= 15 is 0 Å². The maximum atomic E-state index is 11.7. The monoisotopic (exact) mass is 244 g/mol. The molecule has 0 saturated carbocycles. The lowest BCUT2D eigenvalue weighted by molar-refractivity contribution is -0.117. The molecule has 5 N–H and O–H groups in total. The van der Waals surface area contributed by atoms with Crippen LogP contribution in [-0.2, 0) is 4.79 Å². The van der Waals surface area contributed by atoms with Crippen molar-refractivity contribution in [2.24, 2.45) is 5.73 Å². The summed E-state index contributed by atoms with van der Waals surface area (Å²) in [5, 5.41) is 3.95. The molecular weight excluding hydrogens is 232 g/mol. The molecule has 0 aliphatic rings. The van der Waals surface area contributed by atoms with Crippen LogP contribution in [-0.4, -0.2) is 23.3 Å². The first kappa shape index (κ1) is 11.8. The van der Waals surface area contributed by atoms with Crippen LogP contribution < -0.4 is 16.8 Å². The van der Waals surface area contributed by atoms with Gasteiger partial charge in [0, 0.05) is 5.39 Å². The van der Waals surface area contributed by atoms with Crippen molar-refractivity contribution in [2.45, 2.75) is 0 Å². The number of benzene rings is 1. The van der Waals surface area contributed by atoms with Crippen LogP contribution in [0.4, 0.5) is 5.82 Å². The summed E-state index contributed by atoms with van der Waals surface area (Å²) in [6, 6.07) is 8.95. The van der Waals surface area contributed by atoms with Gasteiger partial charge in [-0.05, 0) is 11.5 Å². The van der Waals surface area contributed by atoms with Gasteiger partial charge >= 0.3 is 0 Å². The first-order valence-electron chi connectivity index (χ1n) is 5.29. The van der Waals surface area contributed by atoms with Gasteiger partial charge in [-0.3, -0.25) is 9.59 Å². The van der Waals surface area contributed by atoms with Crippen molar-refractivity contribution < 1.29 is 9.59 Å². The molecule has 0 spiro atoms. The summed E-state index contributed by atoms with van der Waals surface area (Å²) in [4.78, 5) is 26.3. The molecule has 18 heavy (non-hydrogen) atoms.